The SMILES string of the molecule is CCNC(=NCCc1cn2ccccc2n1)N1CCN(c2ccccc2OC)CC1. The molecule has 2 aromatic heterocycles. The molecule has 158 valence electrons. The third-order valence-electron chi connectivity index (χ3n) is 5.38. The van der Waals surface area contributed by atoms with Crippen molar-refractivity contribution in [1.82, 2.24) is 19.6 Å². The maximum absolute atomic E-state index is 5.53. The number of benzene rings is 1. The van der Waals surface area contributed by atoms with E-state index in [1.54, 1.807) is 7.11 Å². The van der Waals surface area contributed by atoms with Crippen molar-refractivity contribution in [1.29, 1.82) is 0 Å². The Morgan fingerprint density at radius 3 is 2.67 bits per heavy atom. The lowest BCUT2D eigenvalue weighted by atomic mass is 10.2. The largest absolute Gasteiger partial charge is 0.495 e. The van der Waals surface area contributed by atoms with Gasteiger partial charge in [0.2, 0.25) is 0 Å². The van der Waals surface area contributed by atoms with Gasteiger partial charge in [0.1, 0.15) is 11.4 Å². The molecule has 1 saturated heterocycles. The predicted octanol–water partition coefficient (Wildman–Crippen LogP) is 2.67. The number of aliphatic imine (C=N–C) groups is 1. The van der Waals surface area contributed by atoms with Crippen LogP contribution in [0.1, 0.15) is 12.6 Å². The van der Waals surface area contributed by atoms with E-state index in [0.717, 1.165) is 74.4 Å². The highest BCUT2D eigenvalue weighted by Gasteiger charge is 2.21. The first-order chi connectivity index (χ1) is 14.8. The van der Waals surface area contributed by atoms with E-state index in [4.69, 9.17) is 9.73 Å². The molecule has 0 bridgehead atoms. The van der Waals surface area contributed by atoms with E-state index in [9.17, 15) is 0 Å². The number of imidazole rings is 1. The number of piperazine rings is 1. The molecule has 0 radical (unpaired) electrons. The number of hydrogen-bond donors (Lipinski definition) is 1. The number of hydrogen-bond acceptors (Lipinski definition) is 4. The molecule has 0 saturated carbocycles. The van der Waals surface area contributed by atoms with E-state index in [2.05, 4.69) is 49.8 Å². The minimum atomic E-state index is 0.721. The van der Waals surface area contributed by atoms with Crippen LogP contribution in [0.25, 0.3) is 5.65 Å². The molecular formula is C23H30N6O. The lowest BCUT2D eigenvalue weighted by Crippen LogP contribution is -2.52. The molecule has 0 unspecified atom stereocenters. The number of nitrogens with zero attached hydrogens (tertiary/aromatic N) is 5. The number of aromatic nitrogens is 2. The fourth-order valence-corrected chi connectivity index (χ4v) is 3.86. The normalized spacial score (nSPS) is 14.9. The number of guanidine groups is 1. The third kappa shape index (κ3) is 4.50. The molecule has 3 heterocycles. The molecule has 0 amide bonds. The van der Waals surface area contributed by atoms with E-state index in [1.165, 1.54) is 0 Å². The summed E-state index contributed by atoms with van der Waals surface area (Å²) in [5, 5.41) is 3.45. The van der Waals surface area contributed by atoms with E-state index in [1.807, 2.05) is 36.5 Å². The summed E-state index contributed by atoms with van der Waals surface area (Å²) in [7, 11) is 1.73. The Morgan fingerprint density at radius 1 is 1.10 bits per heavy atom. The second kappa shape index (κ2) is 9.52. The highest BCUT2D eigenvalue weighted by molar-refractivity contribution is 5.80. The summed E-state index contributed by atoms with van der Waals surface area (Å²) in [4.78, 5) is 14.3. The Hall–Kier alpha value is -3.22. The zero-order valence-corrected chi connectivity index (χ0v) is 17.8. The minimum absolute atomic E-state index is 0.721. The van der Waals surface area contributed by atoms with Crippen LogP contribution in [0.3, 0.4) is 0 Å². The maximum Gasteiger partial charge on any atom is 0.194 e. The highest BCUT2D eigenvalue weighted by atomic mass is 16.5. The highest BCUT2D eigenvalue weighted by Crippen LogP contribution is 2.28. The molecule has 7 heteroatoms. The average Bonchev–Trinajstić information content (AvgIpc) is 3.21. The van der Waals surface area contributed by atoms with Gasteiger partial charge in [-0.1, -0.05) is 18.2 Å². The number of anilines is 1. The molecule has 4 rings (SSSR count). The van der Waals surface area contributed by atoms with E-state index in [0.29, 0.717) is 0 Å². The van der Waals surface area contributed by atoms with E-state index < -0.39 is 0 Å². The van der Waals surface area contributed by atoms with E-state index >= 15 is 0 Å². The van der Waals surface area contributed by atoms with Gasteiger partial charge in [0.05, 0.1) is 18.5 Å². The molecule has 1 fully saturated rings. The summed E-state index contributed by atoms with van der Waals surface area (Å²) in [5.74, 6) is 1.92. The van der Waals surface area contributed by atoms with Crippen LogP contribution in [0.4, 0.5) is 5.69 Å². The van der Waals surface area contributed by atoms with Gasteiger partial charge in [-0.05, 0) is 31.2 Å². The number of fused-ring (bicyclic) bond motifs is 1. The Labute approximate surface area is 178 Å². The second-order valence-electron chi connectivity index (χ2n) is 7.33. The number of nitrogens with one attached hydrogen (secondary N) is 1. The molecular weight excluding hydrogens is 376 g/mol. The maximum atomic E-state index is 5.53. The van der Waals surface area contributed by atoms with Gasteiger partial charge in [-0.3, -0.25) is 4.99 Å². The summed E-state index contributed by atoms with van der Waals surface area (Å²) in [6.07, 6.45) is 4.95. The summed E-state index contributed by atoms with van der Waals surface area (Å²) < 4.78 is 7.59. The van der Waals surface area contributed by atoms with Crippen LogP contribution < -0.4 is 15.0 Å². The van der Waals surface area contributed by atoms with Crippen LogP contribution in [0.5, 0.6) is 5.75 Å². The quantitative estimate of drug-likeness (QED) is 0.504. The fourth-order valence-electron chi connectivity index (χ4n) is 3.86. The first-order valence-electron chi connectivity index (χ1n) is 10.6. The Bertz CT molecular complexity index is 957. The number of rotatable bonds is 6. The van der Waals surface area contributed by atoms with E-state index in [-0.39, 0.29) is 0 Å². The number of ether oxygens (including phenoxy) is 1. The van der Waals surface area contributed by atoms with Crippen LogP contribution in [0.2, 0.25) is 0 Å². The Balaban J connectivity index is 1.37. The number of methoxy groups -OCH3 is 1. The Morgan fingerprint density at radius 2 is 1.90 bits per heavy atom. The predicted molar refractivity (Wildman–Crippen MR) is 122 cm³/mol. The Kier molecular flexibility index (Phi) is 6.37. The fraction of sp³-hybridized carbons (Fsp3) is 0.391. The van der Waals surface area contributed by atoms with Gasteiger partial charge in [-0.25, -0.2) is 4.98 Å². The number of para-hydroxylation sites is 2. The third-order valence-corrected chi connectivity index (χ3v) is 5.38. The van der Waals surface area contributed by atoms with Crippen molar-refractivity contribution in [3.8, 4) is 5.75 Å². The van der Waals surface area contributed by atoms with Gasteiger partial charge in [0, 0.05) is 58.1 Å². The van der Waals surface area contributed by atoms with Gasteiger partial charge < -0.3 is 24.3 Å². The monoisotopic (exact) mass is 406 g/mol. The van der Waals surface area contributed by atoms with Gasteiger partial charge in [-0.15, -0.1) is 0 Å². The van der Waals surface area contributed by atoms with Crippen molar-refractivity contribution in [2.75, 3.05) is 51.3 Å². The summed E-state index contributed by atoms with van der Waals surface area (Å²) in [6, 6.07) is 14.3. The van der Waals surface area contributed by atoms with Crippen LogP contribution >= 0.6 is 0 Å². The van der Waals surface area contributed by atoms with Crippen LogP contribution in [-0.2, 0) is 6.42 Å². The van der Waals surface area contributed by atoms with Crippen LogP contribution in [0.15, 0.2) is 59.9 Å². The van der Waals surface area contributed by atoms with Gasteiger partial charge in [-0.2, -0.15) is 0 Å². The molecule has 1 N–H and O–H groups in total. The lowest BCUT2D eigenvalue weighted by Gasteiger charge is -2.38. The first kappa shape index (κ1) is 20.1. The first-order valence-corrected chi connectivity index (χ1v) is 10.6. The van der Waals surface area contributed by atoms with Crippen molar-refractivity contribution in [2.24, 2.45) is 4.99 Å². The standard InChI is InChI=1S/C23H30N6O/c1-3-24-23(25-12-11-19-18-29-13-7-6-10-22(29)26-19)28-16-14-27(15-17-28)20-8-4-5-9-21(20)30-2/h4-10,13,18H,3,11-12,14-17H2,1-2H3,(H,24,25). The molecule has 0 spiro atoms. The minimum Gasteiger partial charge on any atom is -0.495 e. The molecule has 30 heavy (non-hydrogen) atoms. The van der Waals surface area contributed by atoms with Gasteiger partial charge >= 0.3 is 0 Å². The van der Waals surface area contributed by atoms with Crippen LogP contribution in [-0.4, -0.2) is 66.6 Å². The summed E-state index contributed by atoms with van der Waals surface area (Å²) in [6.45, 7) is 7.44. The summed E-state index contributed by atoms with van der Waals surface area (Å²) in [5.41, 5.74) is 3.21. The smallest absolute Gasteiger partial charge is 0.194 e. The summed E-state index contributed by atoms with van der Waals surface area (Å²) >= 11 is 0. The van der Waals surface area contributed by atoms with Crippen molar-refractivity contribution < 1.29 is 4.74 Å². The average molecular weight is 407 g/mol. The van der Waals surface area contributed by atoms with Crippen molar-refractivity contribution in [2.45, 2.75) is 13.3 Å². The zero-order valence-electron chi connectivity index (χ0n) is 17.8. The topological polar surface area (TPSA) is 57.4 Å². The molecule has 0 atom stereocenters. The van der Waals surface area contributed by atoms with Gasteiger partial charge in [0.25, 0.3) is 0 Å². The van der Waals surface area contributed by atoms with Crippen molar-refractivity contribution >= 4 is 17.3 Å². The lowest BCUT2D eigenvalue weighted by molar-refractivity contribution is 0.367. The molecule has 1 aliphatic rings. The second-order valence-corrected chi connectivity index (χ2v) is 7.33. The van der Waals surface area contributed by atoms with Crippen molar-refractivity contribution in [3.05, 3.63) is 60.6 Å². The van der Waals surface area contributed by atoms with Gasteiger partial charge in [0.15, 0.2) is 5.96 Å². The number of pyridine rings is 1. The zero-order chi connectivity index (χ0) is 20.8. The molecule has 7 nitrogen and oxygen atoms in total. The molecule has 1 aliphatic heterocycles. The van der Waals surface area contributed by atoms with Crippen molar-refractivity contribution in [3.63, 3.8) is 0 Å². The van der Waals surface area contributed by atoms with Crippen LogP contribution in [0, 0.1) is 0 Å². The molecule has 1 aromatic carbocycles. The molecule has 3 aromatic rings. The molecule has 0 aliphatic carbocycles.